The van der Waals surface area contributed by atoms with Gasteiger partial charge in [-0.3, -0.25) is 10.1 Å². The van der Waals surface area contributed by atoms with E-state index in [0.29, 0.717) is 0 Å². The number of carbonyl (C=O) groups excluding carboxylic acids is 1. The number of halogens is 3. The molecule has 7 nitrogen and oxygen atoms in total. The van der Waals surface area contributed by atoms with Gasteiger partial charge in [0, 0.05) is 41.4 Å². The smallest absolute Gasteiger partial charge is 0.433 e. The quantitative estimate of drug-likeness (QED) is 0.155. The zero-order chi connectivity index (χ0) is 27.5. The summed E-state index contributed by atoms with van der Waals surface area (Å²) in [5.74, 6) is 3.73. The van der Waals surface area contributed by atoms with Crippen molar-refractivity contribution in [2.45, 2.75) is 25.2 Å². The van der Waals surface area contributed by atoms with Crippen LogP contribution in [0.4, 0.5) is 18.9 Å². The highest BCUT2D eigenvalue weighted by molar-refractivity contribution is 5.89. The molecule has 1 heterocycles. The van der Waals surface area contributed by atoms with Crippen LogP contribution in [0.15, 0.2) is 79.0 Å². The van der Waals surface area contributed by atoms with Crippen LogP contribution in [0.1, 0.15) is 34.0 Å². The molecule has 0 fully saturated rings. The van der Waals surface area contributed by atoms with E-state index < -0.39 is 28.2 Å². The van der Waals surface area contributed by atoms with Crippen molar-refractivity contribution in [1.29, 1.82) is 0 Å². The third-order valence-electron chi connectivity index (χ3n) is 5.86. The maximum atomic E-state index is 14.4. The predicted octanol–water partition coefficient (Wildman–Crippen LogP) is 5.58. The maximum Gasteiger partial charge on any atom is 0.433 e. The molecule has 0 aliphatic carbocycles. The molecule has 1 N–H and O–H groups in total. The Bertz CT molecular complexity index is 1550. The number of hydrogen-bond acceptors (Lipinski definition) is 5. The Morgan fingerprint density at radius 1 is 1.08 bits per heavy atom. The van der Waals surface area contributed by atoms with E-state index in [2.05, 4.69) is 5.92 Å². The van der Waals surface area contributed by atoms with Crippen molar-refractivity contribution in [3.05, 3.63) is 111 Å². The SMILES string of the molecule is CCOC(=O)c1ccc(C#CC(O)(c2cn(Cc3ccccc3)c3cc([N+](=O)[O-])ccc23)C(F)(F)F)cc1. The molecule has 0 amide bonds. The Labute approximate surface area is 215 Å². The van der Waals surface area contributed by atoms with Gasteiger partial charge in [-0.15, -0.1) is 0 Å². The summed E-state index contributed by atoms with van der Waals surface area (Å²) in [7, 11) is 0. The largest absolute Gasteiger partial charge is 0.462 e. The number of benzene rings is 3. The summed E-state index contributed by atoms with van der Waals surface area (Å²) in [5.41, 5.74) is -3.24. The van der Waals surface area contributed by atoms with E-state index in [9.17, 15) is 33.2 Å². The first kappa shape index (κ1) is 26.4. The van der Waals surface area contributed by atoms with E-state index in [1.165, 1.54) is 41.0 Å². The molecule has 0 saturated carbocycles. The van der Waals surface area contributed by atoms with Gasteiger partial charge in [-0.1, -0.05) is 36.3 Å². The van der Waals surface area contributed by atoms with E-state index in [0.717, 1.165) is 17.8 Å². The fourth-order valence-electron chi connectivity index (χ4n) is 3.95. The van der Waals surface area contributed by atoms with Gasteiger partial charge in [0.05, 0.1) is 22.6 Å². The lowest BCUT2D eigenvalue weighted by Crippen LogP contribution is -2.41. The van der Waals surface area contributed by atoms with Gasteiger partial charge in [0.25, 0.3) is 11.3 Å². The third-order valence-corrected chi connectivity index (χ3v) is 5.86. The molecule has 0 spiro atoms. The number of aromatic nitrogens is 1. The normalized spacial score (nSPS) is 12.9. The number of nitrogens with zero attached hydrogens (tertiary/aromatic N) is 2. The molecule has 1 aromatic heterocycles. The van der Waals surface area contributed by atoms with Crippen LogP contribution in [0.2, 0.25) is 0 Å². The molecule has 0 bridgehead atoms. The Morgan fingerprint density at radius 2 is 1.76 bits per heavy atom. The Morgan fingerprint density at radius 3 is 2.37 bits per heavy atom. The summed E-state index contributed by atoms with van der Waals surface area (Å²) in [6.45, 7) is 1.92. The van der Waals surface area contributed by atoms with Crippen LogP contribution in [-0.4, -0.2) is 33.3 Å². The van der Waals surface area contributed by atoms with Crippen LogP contribution in [0, 0.1) is 22.0 Å². The lowest BCUT2D eigenvalue weighted by Gasteiger charge is -2.25. The summed E-state index contributed by atoms with van der Waals surface area (Å²) in [6.07, 6.45) is -4.09. The van der Waals surface area contributed by atoms with E-state index in [1.54, 1.807) is 37.3 Å². The number of non-ortho nitro benzene ring substituents is 1. The monoisotopic (exact) mass is 522 g/mol. The van der Waals surface area contributed by atoms with Gasteiger partial charge in [-0.2, -0.15) is 13.2 Å². The lowest BCUT2D eigenvalue weighted by molar-refractivity contribution is -0.384. The van der Waals surface area contributed by atoms with Crippen molar-refractivity contribution in [3.8, 4) is 11.8 Å². The molecule has 1 atom stereocenters. The molecular weight excluding hydrogens is 501 g/mol. The van der Waals surface area contributed by atoms with Gasteiger partial charge >= 0.3 is 12.1 Å². The van der Waals surface area contributed by atoms with Crippen LogP contribution < -0.4 is 0 Å². The molecule has 0 radical (unpaired) electrons. The Kier molecular flexibility index (Phi) is 7.23. The minimum atomic E-state index is -5.21. The molecule has 0 aliphatic heterocycles. The average Bonchev–Trinajstić information content (AvgIpc) is 3.25. The number of nitro groups is 1. The summed E-state index contributed by atoms with van der Waals surface area (Å²) >= 11 is 0. The average molecular weight is 522 g/mol. The van der Waals surface area contributed by atoms with Gasteiger partial charge in [-0.25, -0.2) is 4.79 Å². The fourth-order valence-corrected chi connectivity index (χ4v) is 3.95. The van der Waals surface area contributed by atoms with Crippen LogP contribution >= 0.6 is 0 Å². The van der Waals surface area contributed by atoms with Crippen LogP contribution in [0.3, 0.4) is 0 Å². The third kappa shape index (κ3) is 5.23. The van der Waals surface area contributed by atoms with Gasteiger partial charge in [0.1, 0.15) is 0 Å². The number of alkyl halides is 3. The van der Waals surface area contributed by atoms with Crippen molar-refractivity contribution in [2.24, 2.45) is 0 Å². The number of nitro benzene ring substituents is 1. The Balaban J connectivity index is 1.84. The molecule has 194 valence electrons. The summed E-state index contributed by atoms with van der Waals surface area (Å²) in [4.78, 5) is 22.5. The molecule has 10 heteroatoms. The molecule has 0 saturated heterocycles. The highest BCUT2D eigenvalue weighted by atomic mass is 19.4. The van der Waals surface area contributed by atoms with E-state index in [4.69, 9.17) is 4.74 Å². The number of fused-ring (bicyclic) bond motifs is 1. The summed E-state index contributed by atoms with van der Waals surface area (Å²) < 4.78 is 49.5. The van der Waals surface area contributed by atoms with Crippen LogP contribution in [0.5, 0.6) is 0 Å². The van der Waals surface area contributed by atoms with Crippen LogP contribution in [0.25, 0.3) is 10.9 Å². The second-order valence-corrected chi connectivity index (χ2v) is 8.37. The zero-order valence-electron chi connectivity index (χ0n) is 20.0. The second kappa shape index (κ2) is 10.4. The van der Waals surface area contributed by atoms with Crippen molar-refractivity contribution in [1.82, 2.24) is 4.57 Å². The van der Waals surface area contributed by atoms with Gasteiger partial charge < -0.3 is 14.4 Å². The lowest BCUT2D eigenvalue weighted by atomic mass is 9.92. The van der Waals surface area contributed by atoms with Gasteiger partial charge in [0.2, 0.25) is 0 Å². The maximum absolute atomic E-state index is 14.4. The molecule has 1 unspecified atom stereocenters. The Hall–Kier alpha value is -4.62. The van der Waals surface area contributed by atoms with E-state index in [-0.39, 0.29) is 40.9 Å². The first-order valence-electron chi connectivity index (χ1n) is 11.4. The number of hydrogen-bond donors (Lipinski definition) is 1. The van der Waals surface area contributed by atoms with Gasteiger partial charge in [0.15, 0.2) is 0 Å². The minimum Gasteiger partial charge on any atom is -0.462 e. The topological polar surface area (TPSA) is 94.6 Å². The number of ether oxygens (including phenoxy) is 1. The van der Waals surface area contributed by atoms with Crippen molar-refractivity contribution in [3.63, 3.8) is 0 Å². The number of rotatable bonds is 6. The minimum absolute atomic E-state index is 0.0293. The predicted molar refractivity (Wildman–Crippen MR) is 133 cm³/mol. The number of carbonyl (C=O) groups is 1. The van der Waals surface area contributed by atoms with E-state index in [1.807, 2.05) is 5.92 Å². The standard InChI is InChI=1S/C28H21F3N2O5/c1-2-38-26(34)21-10-8-19(9-11-21)14-15-27(35,28(29,30)31)24-18-32(17-20-6-4-3-5-7-20)25-16-22(33(36)37)12-13-23(24)25/h3-13,16,18,35H,2,17H2,1H3. The highest BCUT2D eigenvalue weighted by Gasteiger charge is 2.55. The first-order chi connectivity index (χ1) is 18.0. The van der Waals surface area contributed by atoms with Gasteiger partial charge in [-0.05, 0) is 48.7 Å². The molecule has 0 aliphatic rings. The number of esters is 1. The first-order valence-corrected chi connectivity index (χ1v) is 11.4. The molecular formula is C28H21F3N2O5. The number of aliphatic hydroxyl groups is 1. The second-order valence-electron chi connectivity index (χ2n) is 8.37. The summed E-state index contributed by atoms with van der Waals surface area (Å²) in [6, 6.07) is 17.7. The molecule has 38 heavy (non-hydrogen) atoms. The van der Waals surface area contributed by atoms with Crippen molar-refractivity contribution in [2.75, 3.05) is 6.61 Å². The molecule has 3 aromatic carbocycles. The zero-order valence-corrected chi connectivity index (χ0v) is 20.0. The van der Waals surface area contributed by atoms with Crippen molar-refractivity contribution < 1.29 is 32.7 Å². The highest BCUT2D eigenvalue weighted by Crippen LogP contribution is 2.43. The van der Waals surface area contributed by atoms with Crippen LogP contribution in [-0.2, 0) is 16.9 Å². The summed E-state index contributed by atoms with van der Waals surface area (Å²) in [5, 5.41) is 22.4. The molecule has 4 rings (SSSR count). The molecule has 4 aromatic rings. The fraction of sp³-hybridized carbons (Fsp3) is 0.179. The van der Waals surface area contributed by atoms with E-state index >= 15 is 0 Å². The van der Waals surface area contributed by atoms with Crippen molar-refractivity contribution >= 4 is 22.6 Å².